The van der Waals surface area contributed by atoms with Crippen molar-refractivity contribution in [2.45, 2.75) is 19.1 Å². The van der Waals surface area contributed by atoms with Crippen LogP contribution in [0.4, 0.5) is 18.9 Å². The number of hydrogen-bond acceptors (Lipinski definition) is 4. The Hall–Kier alpha value is -1.83. The standard InChI is InChI=1S/C10H12F3N3O2/c1-6(3-2-4-17)15-7-5-14-16-9(18)8(7)10(11,12)13/h2-3,5-6,17H,4H2,1H3,(H2,15,16,18)/b3-2+. The van der Waals surface area contributed by atoms with Crippen molar-refractivity contribution >= 4 is 5.69 Å². The molecule has 1 unspecified atom stereocenters. The van der Waals surface area contributed by atoms with Gasteiger partial charge in [-0.25, -0.2) is 5.10 Å². The van der Waals surface area contributed by atoms with E-state index in [1.807, 2.05) is 0 Å². The summed E-state index contributed by atoms with van der Waals surface area (Å²) in [6.07, 6.45) is -1.01. The van der Waals surface area contributed by atoms with Gasteiger partial charge in [0, 0.05) is 6.04 Å². The van der Waals surface area contributed by atoms with Crippen LogP contribution in [-0.2, 0) is 6.18 Å². The van der Waals surface area contributed by atoms with Crippen LogP contribution in [0.5, 0.6) is 0 Å². The van der Waals surface area contributed by atoms with Gasteiger partial charge in [-0.05, 0) is 6.92 Å². The van der Waals surface area contributed by atoms with Crippen LogP contribution in [0.1, 0.15) is 12.5 Å². The number of aliphatic hydroxyl groups excluding tert-OH is 1. The van der Waals surface area contributed by atoms with Crippen LogP contribution < -0.4 is 10.9 Å². The van der Waals surface area contributed by atoms with Gasteiger partial charge in [0.05, 0.1) is 18.5 Å². The lowest BCUT2D eigenvalue weighted by Gasteiger charge is -2.15. The Kier molecular flexibility index (Phi) is 4.49. The molecule has 0 amide bonds. The van der Waals surface area contributed by atoms with E-state index in [2.05, 4.69) is 10.4 Å². The highest BCUT2D eigenvalue weighted by atomic mass is 19.4. The first-order valence-corrected chi connectivity index (χ1v) is 5.05. The largest absolute Gasteiger partial charge is 0.423 e. The highest BCUT2D eigenvalue weighted by molar-refractivity contribution is 5.50. The van der Waals surface area contributed by atoms with Crippen molar-refractivity contribution in [1.29, 1.82) is 0 Å². The number of anilines is 1. The lowest BCUT2D eigenvalue weighted by molar-refractivity contribution is -0.138. The number of halogens is 3. The van der Waals surface area contributed by atoms with Gasteiger partial charge in [0.2, 0.25) is 0 Å². The quantitative estimate of drug-likeness (QED) is 0.712. The maximum absolute atomic E-state index is 12.7. The van der Waals surface area contributed by atoms with Crippen LogP contribution in [0.15, 0.2) is 23.1 Å². The van der Waals surface area contributed by atoms with Crippen molar-refractivity contribution in [3.8, 4) is 0 Å². The zero-order chi connectivity index (χ0) is 13.8. The molecule has 0 saturated carbocycles. The number of alkyl halides is 3. The molecule has 0 aliphatic carbocycles. The first-order valence-electron chi connectivity index (χ1n) is 5.05. The molecule has 3 N–H and O–H groups in total. The molecule has 8 heteroatoms. The first kappa shape index (κ1) is 14.2. The highest BCUT2D eigenvalue weighted by Gasteiger charge is 2.37. The van der Waals surface area contributed by atoms with Crippen molar-refractivity contribution in [3.05, 3.63) is 34.3 Å². The van der Waals surface area contributed by atoms with E-state index < -0.39 is 29.0 Å². The van der Waals surface area contributed by atoms with Crippen LogP contribution in [0, 0.1) is 0 Å². The fourth-order valence-corrected chi connectivity index (χ4v) is 1.35. The summed E-state index contributed by atoms with van der Waals surface area (Å²) in [4.78, 5) is 11.1. The van der Waals surface area contributed by atoms with Crippen LogP contribution >= 0.6 is 0 Å². The predicted octanol–water partition coefficient (Wildman–Crippen LogP) is 1.14. The summed E-state index contributed by atoms with van der Waals surface area (Å²) < 4.78 is 38.0. The molecule has 100 valence electrons. The Morgan fingerprint density at radius 3 is 2.83 bits per heavy atom. The van der Waals surface area contributed by atoms with E-state index in [0.29, 0.717) is 0 Å². The lowest BCUT2D eigenvalue weighted by atomic mass is 10.2. The van der Waals surface area contributed by atoms with E-state index >= 15 is 0 Å². The summed E-state index contributed by atoms with van der Waals surface area (Å²) in [6.45, 7) is 1.36. The van der Waals surface area contributed by atoms with Gasteiger partial charge >= 0.3 is 6.18 Å². The number of hydrogen-bond donors (Lipinski definition) is 3. The van der Waals surface area contributed by atoms with E-state index in [1.165, 1.54) is 12.2 Å². The molecule has 1 aromatic rings. The van der Waals surface area contributed by atoms with Gasteiger partial charge in [-0.15, -0.1) is 0 Å². The lowest BCUT2D eigenvalue weighted by Crippen LogP contribution is -2.26. The second-order valence-corrected chi connectivity index (χ2v) is 3.53. The van der Waals surface area contributed by atoms with Gasteiger partial charge in [-0.3, -0.25) is 4.79 Å². The summed E-state index contributed by atoms with van der Waals surface area (Å²) >= 11 is 0. The van der Waals surface area contributed by atoms with Crippen LogP contribution in [0.3, 0.4) is 0 Å². The Morgan fingerprint density at radius 2 is 2.28 bits per heavy atom. The second-order valence-electron chi connectivity index (χ2n) is 3.53. The Morgan fingerprint density at radius 1 is 1.61 bits per heavy atom. The Balaban J connectivity index is 3.07. The molecule has 0 aromatic carbocycles. The molecule has 0 spiro atoms. The van der Waals surface area contributed by atoms with E-state index in [4.69, 9.17) is 5.11 Å². The van der Waals surface area contributed by atoms with Gasteiger partial charge in [0.15, 0.2) is 0 Å². The molecule has 0 bridgehead atoms. The van der Waals surface area contributed by atoms with Crippen molar-refractivity contribution in [1.82, 2.24) is 10.2 Å². The Labute approximate surface area is 100 Å². The molecular weight excluding hydrogens is 251 g/mol. The van der Waals surface area contributed by atoms with Crippen molar-refractivity contribution in [3.63, 3.8) is 0 Å². The molecule has 1 heterocycles. The van der Waals surface area contributed by atoms with Crippen LogP contribution in [0.2, 0.25) is 0 Å². The SMILES string of the molecule is CC(/C=C/CO)Nc1cn[nH]c(=O)c1C(F)(F)F. The van der Waals surface area contributed by atoms with Crippen LogP contribution in [-0.4, -0.2) is 28.0 Å². The fraction of sp³-hybridized carbons (Fsp3) is 0.400. The van der Waals surface area contributed by atoms with E-state index in [9.17, 15) is 18.0 Å². The summed E-state index contributed by atoms with van der Waals surface area (Å²) in [6, 6.07) is -0.484. The van der Waals surface area contributed by atoms with Gasteiger partial charge in [-0.1, -0.05) is 12.2 Å². The zero-order valence-electron chi connectivity index (χ0n) is 9.45. The number of H-pyrrole nitrogens is 1. The topological polar surface area (TPSA) is 78.0 Å². The van der Waals surface area contributed by atoms with Gasteiger partial charge in [-0.2, -0.15) is 18.3 Å². The Bertz CT molecular complexity index is 482. The predicted molar refractivity (Wildman–Crippen MR) is 59.2 cm³/mol. The number of rotatable bonds is 4. The minimum atomic E-state index is -4.76. The number of nitrogens with zero attached hydrogens (tertiary/aromatic N) is 1. The zero-order valence-corrected chi connectivity index (χ0v) is 9.45. The summed E-state index contributed by atoms with van der Waals surface area (Å²) in [5.41, 5.74) is -3.02. The number of aromatic nitrogens is 2. The maximum Gasteiger partial charge on any atom is 0.423 e. The van der Waals surface area contributed by atoms with Gasteiger partial charge in [0.1, 0.15) is 5.56 Å². The van der Waals surface area contributed by atoms with E-state index in [-0.39, 0.29) is 6.61 Å². The van der Waals surface area contributed by atoms with E-state index in [1.54, 1.807) is 12.0 Å². The molecule has 0 fully saturated rings. The molecule has 0 aliphatic heterocycles. The molecular formula is C10H12F3N3O2. The van der Waals surface area contributed by atoms with Crippen LogP contribution in [0.25, 0.3) is 0 Å². The van der Waals surface area contributed by atoms with Gasteiger partial charge < -0.3 is 10.4 Å². The average Bonchev–Trinajstić information content (AvgIpc) is 2.24. The van der Waals surface area contributed by atoms with Crippen molar-refractivity contribution < 1.29 is 18.3 Å². The molecule has 1 atom stereocenters. The summed E-state index contributed by atoms with van der Waals surface area (Å²) in [7, 11) is 0. The molecule has 5 nitrogen and oxygen atoms in total. The number of aromatic amines is 1. The van der Waals surface area contributed by atoms with Crippen molar-refractivity contribution in [2.24, 2.45) is 0 Å². The summed E-state index contributed by atoms with van der Waals surface area (Å²) in [5, 5.41) is 16.1. The monoisotopic (exact) mass is 263 g/mol. The van der Waals surface area contributed by atoms with Crippen molar-refractivity contribution in [2.75, 3.05) is 11.9 Å². The third-order valence-corrected chi connectivity index (χ3v) is 2.05. The number of nitrogens with one attached hydrogen (secondary N) is 2. The second kappa shape index (κ2) is 5.67. The average molecular weight is 263 g/mol. The van der Waals surface area contributed by atoms with Gasteiger partial charge in [0.25, 0.3) is 5.56 Å². The first-order chi connectivity index (χ1) is 8.36. The smallest absolute Gasteiger partial charge is 0.392 e. The minimum absolute atomic E-state index is 0.216. The molecule has 18 heavy (non-hydrogen) atoms. The summed E-state index contributed by atoms with van der Waals surface area (Å²) in [5.74, 6) is 0. The number of aliphatic hydroxyl groups is 1. The third kappa shape index (κ3) is 3.59. The van der Waals surface area contributed by atoms with E-state index in [0.717, 1.165) is 6.20 Å². The highest BCUT2D eigenvalue weighted by Crippen LogP contribution is 2.31. The molecule has 1 aromatic heterocycles. The molecule has 0 saturated heterocycles. The third-order valence-electron chi connectivity index (χ3n) is 2.05. The normalized spacial score (nSPS) is 13.8. The minimum Gasteiger partial charge on any atom is -0.392 e. The fourth-order valence-electron chi connectivity index (χ4n) is 1.35. The molecule has 0 radical (unpaired) electrons. The maximum atomic E-state index is 12.7. The molecule has 0 aliphatic rings. The molecule has 1 rings (SSSR count).